The van der Waals surface area contributed by atoms with Crippen molar-refractivity contribution in [3.05, 3.63) is 163 Å². The first-order valence-corrected chi connectivity index (χ1v) is 15.6. The predicted molar refractivity (Wildman–Crippen MR) is 190 cm³/mol. The van der Waals surface area contributed by atoms with E-state index in [1.54, 1.807) is 0 Å². The van der Waals surface area contributed by atoms with E-state index in [4.69, 9.17) is 0 Å². The average Bonchev–Trinajstić information content (AvgIpc) is 3.09. The van der Waals surface area contributed by atoms with Crippen LogP contribution in [0.1, 0.15) is 17.5 Å². The second-order valence-corrected chi connectivity index (χ2v) is 12.1. The molecule has 0 saturated carbocycles. The van der Waals surface area contributed by atoms with E-state index in [0.29, 0.717) is 0 Å². The van der Waals surface area contributed by atoms with Gasteiger partial charge in [-0.25, -0.2) is 0 Å². The summed E-state index contributed by atoms with van der Waals surface area (Å²) in [6.07, 6.45) is 6.78. The van der Waals surface area contributed by atoms with E-state index in [-0.39, 0.29) is 0 Å². The Bertz CT molecular complexity index is 2430. The molecule has 8 aromatic carbocycles. The predicted octanol–water partition coefficient (Wildman–Crippen LogP) is 12.3. The van der Waals surface area contributed by atoms with Gasteiger partial charge in [-0.1, -0.05) is 133 Å². The van der Waals surface area contributed by atoms with Crippen LogP contribution in [0.5, 0.6) is 0 Å². The van der Waals surface area contributed by atoms with Crippen LogP contribution in [-0.4, -0.2) is 0 Å². The fraction of sp³-hybridized carbons (Fsp3) is 0.0455. The Morgan fingerprint density at radius 3 is 1.98 bits per heavy atom. The van der Waals surface area contributed by atoms with Gasteiger partial charge in [0.25, 0.3) is 0 Å². The van der Waals surface area contributed by atoms with Gasteiger partial charge >= 0.3 is 0 Å². The quantitative estimate of drug-likeness (QED) is 0.189. The lowest BCUT2D eigenvalue weighted by molar-refractivity contribution is 0.986. The molecule has 206 valence electrons. The largest absolute Gasteiger partial charge is 0.0836 e. The molecule has 0 spiro atoms. The van der Waals surface area contributed by atoms with Gasteiger partial charge in [0, 0.05) is 0 Å². The summed E-state index contributed by atoms with van der Waals surface area (Å²) in [4.78, 5) is 0. The van der Waals surface area contributed by atoms with Crippen LogP contribution in [-0.2, 0) is 6.42 Å². The van der Waals surface area contributed by atoms with E-state index in [0.717, 1.165) is 12.8 Å². The molecule has 0 atom stereocenters. The maximum absolute atomic E-state index is 2.40. The molecule has 0 fully saturated rings. The maximum Gasteiger partial charge on any atom is -0.00204 e. The van der Waals surface area contributed by atoms with Crippen molar-refractivity contribution in [3.8, 4) is 33.4 Å². The Morgan fingerprint density at radius 1 is 0.386 bits per heavy atom. The summed E-state index contributed by atoms with van der Waals surface area (Å²) in [6, 6.07) is 54.3. The Morgan fingerprint density at radius 2 is 1.07 bits per heavy atom. The van der Waals surface area contributed by atoms with Gasteiger partial charge in [-0.2, -0.15) is 0 Å². The van der Waals surface area contributed by atoms with Gasteiger partial charge in [-0.15, -0.1) is 0 Å². The number of hydrogen-bond donors (Lipinski definition) is 0. The molecule has 0 bridgehead atoms. The molecule has 1 aliphatic carbocycles. The van der Waals surface area contributed by atoms with Gasteiger partial charge in [0.2, 0.25) is 0 Å². The number of aryl methyl sites for hydroxylation is 1. The summed E-state index contributed by atoms with van der Waals surface area (Å²) < 4.78 is 0. The van der Waals surface area contributed by atoms with Gasteiger partial charge in [-0.05, 0) is 125 Å². The molecule has 9 rings (SSSR count). The van der Waals surface area contributed by atoms with Crippen LogP contribution in [0, 0.1) is 0 Å². The van der Waals surface area contributed by atoms with Crippen molar-refractivity contribution < 1.29 is 0 Å². The first kappa shape index (κ1) is 25.1. The third-order valence-electron chi connectivity index (χ3n) is 9.45. The minimum absolute atomic E-state index is 1.11. The highest BCUT2D eigenvalue weighted by atomic mass is 14.2. The summed E-state index contributed by atoms with van der Waals surface area (Å²) in [7, 11) is 0. The molecule has 0 aliphatic heterocycles. The minimum atomic E-state index is 1.11. The fourth-order valence-corrected chi connectivity index (χ4v) is 7.20. The molecule has 0 radical (unpaired) electrons. The van der Waals surface area contributed by atoms with Crippen LogP contribution in [0.25, 0.3) is 82.5 Å². The Hall–Kier alpha value is -5.46. The van der Waals surface area contributed by atoms with Gasteiger partial charge in [0.05, 0.1) is 0 Å². The first-order chi connectivity index (χ1) is 21.8. The number of allylic oxidation sites excluding steroid dienone is 1. The number of benzene rings is 8. The van der Waals surface area contributed by atoms with Crippen molar-refractivity contribution in [1.82, 2.24) is 0 Å². The summed E-state index contributed by atoms with van der Waals surface area (Å²) in [6.45, 7) is 0. The first-order valence-electron chi connectivity index (χ1n) is 15.6. The second kappa shape index (κ2) is 10.1. The van der Waals surface area contributed by atoms with Crippen molar-refractivity contribution in [1.29, 1.82) is 0 Å². The van der Waals surface area contributed by atoms with Gasteiger partial charge in [0.1, 0.15) is 0 Å². The lowest BCUT2D eigenvalue weighted by Crippen LogP contribution is -1.94. The topological polar surface area (TPSA) is 0 Å². The summed E-state index contributed by atoms with van der Waals surface area (Å²) in [5.41, 5.74) is 10.4. The zero-order valence-corrected chi connectivity index (χ0v) is 24.4. The van der Waals surface area contributed by atoms with E-state index in [2.05, 4.69) is 158 Å². The molecule has 0 nitrogen and oxygen atoms in total. The standard InChI is InChI=1S/C44H30/c1-3-11-32-24-34(18-16-29(32)8-1)36-22-23-41-39(26-36)27-38-21-20-37(35-19-17-30-9-2-4-12-33(30)25-35)28-43(38)44(41)42-15-7-13-31-10-5-6-14-40(31)42/h1-2,4-10,12-28H,3,11H2. The van der Waals surface area contributed by atoms with E-state index in [1.807, 2.05) is 0 Å². The molecule has 0 heteroatoms. The molecule has 0 heterocycles. The van der Waals surface area contributed by atoms with Crippen LogP contribution in [0.4, 0.5) is 0 Å². The van der Waals surface area contributed by atoms with Crippen LogP contribution < -0.4 is 0 Å². The summed E-state index contributed by atoms with van der Waals surface area (Å²) >= 11 is 0. The monoisotopic (exact) mass is 558 g/mol. The Kier molecular flexibility index (Phi) is 5.74. The summed E-state index contributed by atoms with van der Waals surface area (Å²) in [5.74, 6) is 0. The minimum Gasteiger partial charge on any atom is -0.0836 e. The van der Waals surface area contributed by atoms with E-state index >= 15 is 0 Å². The zero-order valence-electron chi connectivity index (χ0n) is 24.4. The third-order valence-corrected chi connectivity index (χ3v) is 9.45. The van der Waals surface area contributed by atoms with Crippen LogP contribution in [0.2, 0.25) is 0 Å². The molecule has 1 aliphatic rings. The molecule has 0 saturated heterocycles. The molecule has 8 aromatic rings. The summed E-state index contributed by atoms with van der Waals surface area (Å²) in [5, 5.41) is 10.2. The Balaban J connectivity index is 1.30. The van der Waals surface area contributed by atoms with Gasteiger partial charge in [-0.3, -0.25) is 0 Å². The molecule has 0 aromatic heterocycles. The van der Waals surface area contributed by atoms with Crippen LogP contribution in [0.15, 0.2) is 152 Å². The number of fused-ring (bicyclic) bond motifs is 5. The molecule has 44 heavy (non-hydrogen) atoms. The molecular weight excluding hydrogens is 528 g/mol. The highest BCUT2D eigenvalue weighted by Gasteiger charge is 2.15. The zero-order chi connectivity index (χ0) is 29.0. The van der Waals surface area contributed by atoms with Gasteiger partial charge < -0.3 is 0 Å². The van der Waals surface area contributed by atoms with Gasteiger partial charge in [0.15, 0.2) is 0 Å². The molecule has 0 amide bonds. The number of rotatable bonds is 3. The molecule has 0 N–H and O–H groups in total. The highest BCUT2D eigenvalue weighted by Crippen LogP contribution is 2.42. The number of hydrogen-bond acceptors (Lipinski definition) is 0. The lowest BCUT2D eigenvalue weighted by Gasteiger charge is -2.17. The lowest BCUT2D eigenvalue weighted by atomic mass is 9.86. The maximum atomic E-state index is 2.40. The third kappa shape index (κ3) is 4.14. The van der Waals surface area contributed by atoms with Crippen molar-refractivity contribution >= 4 is 49.2 Å². The van der Waals surface area contributed by atoms with E-state index in [9.17, 15) is 0 Å². The van der Waals surface area contributed by atoms with Crippen molar-refractivity contribution in [3.63, 3.8) is 0 Å². The Labute approximate surface area is 257 Å². The van der Waals surface area contributed by atoms with Crippen LogP contribution in [0.3, 0.4) is 0 Å². The molecule has 0 unspecified atom stereocenters. The van der Waals surface area contributed by atoms with Crippen LogP contribution >= 0.6 is 0 Å². The van der Waals surface area contributed by atoms with Crippen molar-refractivity contribution in [2.24, 2.45) is 0 Å². The smallest absolute Gasteiger partial charge is 0.00204 e. The van der Waals surface area contributed by atoms with E-state index < -0.39 is 0 Å². The highest BCUT2D eigenvalue weighted by molar-refractivity contribution is 6.18. The SMILES string of the molecule is C1=Cc2ccc(-c3ccc4c(-c5cccc6ccccc56)c5cc(-c6ccc7ccccc7c6)ccc5cc4c3)cc2CC1. The fourth-order valence-electron chi connectivity index (χ4n) is 7.20. The second-order valence-electron chi connectivity index (χ2n) is 12.1. The molecular formula is C44H30. The van der Waals surface area contributed by atoms with Crippen molar-refractivity contribution in [2.45, 2.75) is 12.8 Å². The average molecular weight is 559 g/mol. The van der Waals surface area contributed by atoms with E-state index in [1.165, 1.54) is 87.6 Å². The van der Waals surface area contributed by atoms with Crippen molar-refractivity contribution in [2.75, 3.05) is 0 Å². The normalized spacial score (nSPS) is 12.7.